The number of hydrogen-bond acceptors (Lipinski definition) is 4. The highest BCUT2D eigenvalue weighted by molar-refractivity contribution is 8.15. The number of nitrogens with zero attached hydrogens (tertiary/aromatic N) is 4. The van der Waals surface area contributed by atoms with Gasteiger partial charge >= 0.3 is 0 Å². The lowest BCUT2D eigenvalue weighted by Crippen LogP contribution is -2.28. The van der Waals surface area contributed by atoms with E-state index in [1.54, 1.807) is 0 Å². The second-order valence-electron chi connectivity index (χ2n) is 8.33. The Kier molecular flexibility index (Phi) is 7.62. The van der Waals surface area contributed by atoms with Gasteiger partial charge in [-0.3, -0.25) is 0 Å². The number of hydrogen-bond donors (Lipinski definition) is 0. The van der Waals surface area contributed by atoms with Crippen molar-refractivity contribution >= 4 is 52.0 Å². The molecule has 0 N–H and O–H groups in total. The molecule has 2 aliphatic rings. The van der Waals surface area contributed by atoms with E-state index in [1.807, 2.05) is 48.5 Å². The number of alkyl halides is 2. The number of halogens is 3. The van der Waals surface area contributed by atoms with Crippen LogP contribution in [0.15, 0.2) is 58.7 Å². The molecule has 0 aliphatic carbocycles. The average molecular weight is 485 g/mol. The molecule has 2 aromatic rings. The smallest absolute Gasteiger partial charge is 0.278 e. The molecule has 9 heteroatoms. The molecule has 4 nitrogen and oxygen atoms in total. The average Bonchev–Trinajstić information content (AvgIpc) is 3.33. The highest BCUT2D eigenvalue weighted by atomic mass is 35.5. The summed E-state index contributed by atoms with van der Waals surface area (Å²) >= 11 is 6.29. The summed E-state index contributed by atoms with van der Waals surface area (Å²) in [6.45, 7) is 0.801. The highest BCUT2D eigenvalue weighted by Crippen LogP contribution is 2.40. The molecule has 1 atom stereocenters. The largest absolute Gasteiger partial charge is 0.318 e. The van der Waals surface area contributed by atoms with Gasteiger partial charge < -0.3 is 4.31 Å². The monoisotopic (exact) mass is 484 g/mol. The Morgan fingerprint density at radius 2 is 1.91 bits per heavy atom. The molecule has 170 valence electrons. The van der Waals surface area contributed by atoms with Crippen LogP contribution in [0.25, 0.3) is 0 Å². The molecular weight excluding hydrogens is 461 g/mol. The third-order valence-electron chi connectivity index (χ3n) is 6.13. The minimum Gasteiger partial charge on any atom is -0.318 e. The van der Waals surface area contributed by atoms with Crippen LogP contribution in [0.3, 0.4) is 0 Å². The van der Waals surface area contributed by atoms with Gasteiger partial charge in [-0.1, -0.05) is 71.1 Å². The standard InChI is InChI=1S/C24H24BClF2N4S/c1-33(21-9-11-25(16-29)12-10-21)32(20-4-2-3-19(26)13-20)15-17-5-7-18(8-6-17)22-14-23(24(27)28)31-30-22/h2-8,13,21,24H,1,9-12,14-15H2. The first kappa shape index (κ1) is 23.7. The molecule has 2 heterocycles. The maximum Gasteiger partial charge on any atom is 0.278 e. The second-order valence-corrected chi connectivity index (χ2v) is 10.7. The van der Waals surface area contributed by atoms with Crippen LogP contribution in [0.4, 0.5) is 14.5 Å². The summed E-state index contributed by atoms with van der Waals surface area (Å²) in [6, 6.07) is 15.6. The summed E-state index contributed by atoms with van der Waals surface area (Å²) < 4.78 is 28.0. The van der Waals surface area contributed by atoms with E-state index in [0.717, 1.165) is 42.3 Å². The fraction of sp³-hybridized carbons (Fsp3) is 0.333. The van der Waals surface area contributed by atoms with E-state index in [-0.39, 0.29) is 29.5 Å². The van der Waals surface area contributed by atoms with Gasteiger partial charge in [-0.15, -0.1) is 0 Å². The maximum atomic E-state index is 12.9. The van der Waals surface area contributed by atoms with Gasteiger partial charge in [0.15, 0.2) is 0 Å². The van der Waals surface area contributed by atoms with Gasteiger partial charge in [0.1, 0.15) is 5.71 Å². The molecule has 0 amide bonds. The van der Waals surface area contributed by atoms with Crippen molar-refractivity contribution in [1.82, 2.24) is 0 Å². The van der Waals surface area contributed by atoms with Gasteiger partial charge in [0, 0.05) is 28.3 Å². The van der Waals surface area contributed by atoms with E-state index >= 15 is 0 Å². The Bertz CT molecular complexity index is 1120. The van der Waals surface area contributed by atoms with E-state index in [1.165, 1.54) is 0 Å². The van der Waals surface area contributed by atoms with Gasteiger partial charge in [0.05, 0.1) is 12.3 Å². The molecule has 4 rings (SSSR count). The molecule has 1 unspecified atom stereocenters. The van der Waals surface area contributed by atoms with Crippen molar-refractivity contribution in [2.45, 2.75) is 50.1 Å². The summed E-state index contributed by atoms with van der Waals surface area (Å²) in [7, 11) is -0.298. The van der Waals surface area contributed by atoms with Crippen molar-refractivity contribution < 1.29 is 8.78 Å². The maximum absolute atomic E-state index is 12.9. The lowest BCUT2D eigenvalue weighted by atomic mass is 9.43. The first-order chi connectivity index (χ1) is 15.9. The van der Waals surface area contributed by atoms with Crippen LogP contribution in [-0.4, -0.2) is 35.7 Å². The Labute approximate surface area is 201 Å². The lowest BCUT2D eigenvalue weighted by molar-refractivity contribution is 0.224. The molecular formula is C24H24BClF2N4S. The molecule has 2 aromatic carbocycles. The van der Waals surface area contributed by atoms with Crippen LogP contribution in [0, 0.1) is 11.2 Å². The molecule has 0 bridgehead atoms. The minimum atomic E-state index is -2.57. The molecule has 1 fully saturated rings. The minimum absolute atomic E-state index is 0.0827. The predicted octanol–water partition coefficient (Wildman–Crippen LogP) is 6.50. The summed E-state index contributed by atoms with van der Waals surface area (Å²) in [6.07, 6.45) is 1.33. The molecule has 0 spiro atoms. The van der Waals surface area contributed by atoms with Gasteiger partial charge in [-0.05, 0) is 42.2 Å². The number of anilines is 1. The normalized spacial score (nSPS) is 17.5. The van der Waals surface area contributed by atoms with Crippen molar-refractivity contribution in [2.24, 2.45) is 10.2 Å². The molecule has 33 heavy (non-hydrogen) atoms. The fourth-order valence-electron chi connectivity index (χ4n) is 4.20. The van der Waals surface area contributed by atoms with Crippen molar-refractivity contribution in [1.29, 1.82) is 5.26 Å². The summed E-state index contributed by atoms with van der Waals surface area (Å²) in [5, 5.41) is 17.9. The zero-order valence-electron chi connectivity index (χ0n) is 18.1. The summed E-state index contributed by atoms with van der Waals surface area (Å²) in [4.78, 5) is 0. The van der Waals surface area contributed by atoms with Gasteiger partial charge in [0.2, 0.25) is 0 Å². The Hall–Kier alpha value is -2.50. The van der Waals surface area contributed by atoms with E-state index < -0.39 is 6.43 Å². The molecule has 0 aromatic heterocycles. The van der Waals surface area contributed by atoms with E-state index in [4.69, 9.17) is 11.6 Å². The van der Waals surface area contributed by atoms with Gasteiger partial charge in [0.25, 0.3) is 13.1 Å². The van der Waals surface area contributed by atoms with Crippen LogP contribution in [0.1, 0.15) is 30.4 Å². The van der Waals surface area contributed by atoms with Crippen molar-refractivity contribution in [2.75, 3.05) is 4.31 Å². The van der Waals surface area contributed by atoms with Gasteiger partial charge in [-0.25, -0.2) is 14.0 Å². The van der Waals surface area contributed by atoms with Crippen LogP contribution in [0.5, 0.6) is 0 Å². The third-order valence-corrected chi connectivity index (χ3v) is 8.52. The quantitative estimate of drug-likeness (QED) is 0.333. The summed E-state index contributed by atoms with van der Waals surface area (Å²) in [5.74, 6) is 6.94. The Morgan fingerprint density at radius 3 is 2.52 bits per heavy atom. The SMILES string of the molecule is C=S(C1CCB(C#N)CC1)N(Cc1ccc(C2=NN=C(C(F)F)C2)cc1)c1cccc(Cl)c1. The second kappa shape index (κ2) is 10.6. The zero-order chi connectivity index (χ0) is 23.4. The topological polar surface area (TPSA) is 51.8 Å². The molecule has 2 aliphatic heterocycles. The van der Waals surface area contributed by atoms with Crippen LogP contribution >= 0.6 is 22.3 Å². The Balaban J connectivity index is 1.51. The third kappa shape index (κ3) is 5.71. The first-order valence-corrected chi connectivity index (χ1v) is 12.7. The fourth-order valence-corrected chi connectivity index (χ4v) is 6.26. The van der Waals surface area contributed by atoms with Crippen molar-refractivity contribution in [3.8, 4) is 5.97 Å². The van der Waals surface area contributed by atoms with Crippen molar-refractivity contribution in [3.63, 3.8) is 0 Å². The summed E-state index contributed by atoms with van der Waals surface area (Å²) in [5.41, 5.74) is 3.28. The first-order valence-electron chi connectivity index (χ1n) is 10.9. The number of nitriles is 1. The van der Waals surface area contributed by atoms with Crippen LogP contribution in [-0.2, 0) is 6.54 Å². The number of rotatable bonds is 7. The molecule has 0 radical (unpaired) electrons. The van der Waals surface area contributed by atoms with E-state index in [9.17, 15) is 14.0 Å². The molecule has 0 saturated carbocycles. The van der Waals surface area contributed by atoms with Gasteiger partial charge in [-0.2, -0.15) is 10.2 Å². The Morgan fingerprint density at radius 1 is 1.18 bits per heavy atom. The van der Waals surface area contributed by atoms with Crippen LogP contribution in [0.2, 0.25) is 17.7 Å². The van der Waals surface area contributed by atoms with E-state index in [0.29, 0.717) is 22.5 Å². The van der Waals surface area contributed by atoms with E-state index in [2.05, 4.69) is 26.3 Å². The van der Waals surface area contributed by atoms with Crippen molar-refractivity contribution in [3.05, 3.63) is 64.7 Å². The zero-order valence-corrected chi connectivity index (χ0v) is 19.7. The van der Waals surface area contributed by atoms with Crippen LogP contribution < -0.4 is 4.31 Å². The lowest BCUT2D eigenvalue weighted by Gasteiger charge is -2.35. The predicted molar refractivity (Wildman–Crippen MR) is 137 cm³/mol. The highest BCUT2D eigenvalue weighted by Gasteiger charge is 2.28. The number of benzene rings is 2. The molecule has 1 saturated heterocycles.